The van der Waals surface area contributed by atoms with E-state index in [1.54, 1.807) is 0 Å². The van der Waals surface area contributed by atoms with Gasteiger partial charge < -0.3 is 0 Å². The Hall–Kier alpha value is -2.35. The molecule has 0 aliphatic heterocycles. The minimum atomic E-state index is -9.39. The van der Waals surface area contributed by atoms with Gasteiger partial charge in [-0.25, -0.2) is 16.8 Å². The van der Waals surface area contributed by atoms with Gasteiger partial charge in [-0.15, -0.1) is 8.96 Å². The maximum Gasteiger partial charge on any atom is 0.460 e. The predicted octanol–water partition coefficient (Wildman–Crippen LogP) is 10.7. The number of hydrogen-bond acceptors (Lipinski definition) is 5. The molecule has 0 aliphatic carbocycles. The Bertz CT molecular complexity index is 1790. The lowest BCUT2D eigenvalue weighted by Crippen LogP contribution is -2.75. The van der Waals surface area contributed by atoms with E-state index in [0.29, 0.717) is 0 Å². The van der Waals surface area contributed by atoms with Crippen molar-refractivity contribution in [3.8, 4) is 0 Å². The van der Waals surface area contributed by atoms with Crippen molar-refractivity contribution in [1.82, 2.24) is 9.05 Å². The SMILES string of the molecule is O=S(=O)(N(F)CCSCCN(F)S(=O)(=O)C(F)(F)C(F)(F)C(F)(F)C(F)(F)C(F)(F)C(F)(F)C(F)(F)C(F)(F)F)C(F)(F)C(F)(F)C(F)(F)C(F)(F)C(F)(F)C(F)(F)C(F)(F)C(F)(F)F. The number of sulfonamides is 2. The highest BCUT2D eigenvalue weighted by Crippen LogP contribution is 2.66. The zero-order chi connectivity index (χ0) is 53.7. The molecular formula is C20H8F36N2O4S3. The van der Waals surface area contributed by atoms with Gasteiger partial charge in [0, 0.05) is 11.5 Å². The number of thioether (sulfide) groups is 1. The first kappa shape index (κ1) is 62.6. The van der Waals surface area contributed by atoms with Crippen LogP contribution in [-0.4, -0.2) is 144 Å². The van der Waals surface area contributed by atoms with Gasteiger partial charge in [-0.05, 0) is 9.05 Å². The van der Waals surface area contributed by atoms with Crippen molar-refractivity contribution < 1.29 is 175 Å². The van der Waals surface area contributed by atoms with Gasteiger partial charge in [-0.3, -0.25) is 0 Å². The molecule has 0 aromatic heterocycles. The zero-order valence-electron chi connectivity index (χ0n) is 28.2. The van der Waals surface area contributed by atoms with Crippen molar-refractivity contribution in [2.45, 2.75) is 93.9 Å². The number of nitrogens with zero attached hydrogens (tertiary/aromatic N) is 2. The lowest BCUT2D eigenvalue weighted by molar-refractivity contribution is -0.458. The molecule has 0 N–H and O–H groups in total. The summed E-state index contributed by atoms with van der Waals surface area (Å²) < 4.78 is 521. The molecule has 0 fully saturated rings. The molecule has 0 atom stereocenters. The van der Waals surface area contributed by atoms with E-state index < -0.39 is 159 Å². The topological polar surface area (TPSA) is 74.8 Å². The number of halogens is 36. The second-order valence-corrected chi connectivity index (χ2v) is 16.5. The first-order chi connectivity index (χ1) is 27.5. The monoisotopic (exact) mass is 1120 g/mol. The Labute approximate surface area is 335 Å². The van der Waals surface area contributed by atoms with E-state index in [9.17, 15) is 175 Å². The van der Waals surface area contributed by atoms with Crippen molar-refractivity contribution in [1.29, 1.82) is 0 Å². The fourth-order valence-electron chi connectivity index (χ4n) is 3.49. The second kappa shape index (κ2) is 16.7. The molecule has 0 aromatic carbocycles. The molecule has 0 amide bonds. The Balaban J connectivity index is 6.47. The van der Waals surface area contributed by atoms with Crippen LogP contribution in [0.2, 0.25) is 0 Å². The van der Waals surface area contributed by atoms with Crippen LogP contribution < -0.4 is 0 Å². The summed E-state index contributed by atoms with van der Waals surface area (Å²) in [5.41, 5.74) is 0. The summed E-state index contributed by atoms with van der Waals surface area (Å²) in [4.78, 5) is 0. The van der Waals surface area contributed by atoms with Crippen LogP contribution in [0.3, 0.4) is 0 Å². The van der Waals surface area contributed by atoms with Crippen molar-refractivity contribution in [2.24, 2.45) is 0 Å². The fraction of sp³-hybridized carbons (Fsp3) is 1.00. The Morgan fingerprint density at radius 2 is 0.431 bits per heavy atom. The molecule has 0 radical (unpaired) electrons. The fourth-order valence-corrected chi connectivity index (χ4v) is 6.57. The first-order valence-electron chi connectivity index (χ1n) is 13.9. The molecule has 0 aliphatic rings. The molecule has 0 heterocycles. The summed E-state index contributed by atoms with van der Waals surface area (Å²) in [6, 6.07) is 0. The van der Waals surface area contributed by atoms with Crippen LogP contribution in [0.15, 0.2) is 0 Å². The third kappa shape index (κ3) is 8.39. The van der Waals surface area contributed by atoms with Gasteiger partial charge in [-0.1, -0.05) is 0 Å². The van der Waals surface area contributed by atoms with Crippen LogP contribution in [0.25, 0.3) is 0 Å². The molecule has 0 saturated carbocycles. The standard InChI is InChI=1S/C20H8F36N2O4S3/c21-5(22,9(29,30)13(37,38)17(45,46)47)7(25,26)11(33,34)15(41,42)19(51,52)64(59,60)57(55)1-3-63-4-2-58(56)65(61,62)20(53,54)16(43,44)12(35,36)8(27,28)6(23,24)10(31,32)14(39,40)18(48,49)50/h1-4H2. The van der Waals surface area contributed by atoms with Crippen LogP contribution in [0.1, 0.15) is 0 Å². The lowest BCUT2D eigenvalue weighted by atomic mass is 9.91. The molecule has 65 heavy (non-hydrogen) atoms. The summed E-state index contributed by atoms with van der Waals surface area (Å²) in [7, 11) is -17.4. The van der Waals surface area contributed by atoms with E-state index >= 15 is 0 Å². The summed E-state index contributed by atoms with van der Waals surface area (Å²) in [5, 5.41) is -17.1. The van der Waals surface area contributed by atoms with E-state index in [1.165, 1.54) is 0 Å². The Morgan fingerprint density at radius 1 is 0.277 bits per heavy atom. The Kier molecular flexibility index (Phi) is 16.1. The first-order valence-corrected chi connectivity index (χ1v) is 17.9. The molecule has 6 nitrogen and oxygen atoms in total. The average Bonchev–Trinajstić information content (AvgIpc) is 3.08. The quantitative estimate of drug-likeness (QED) is 0.0614. The van der Waals surface area contributed by atoms with E-state index in [-0.39, 0.29) is 0 Å². The van der Waals surface area contributed by atoms with Crippen LogP contribution in [0.4, 0.5) is 158 Å². The molecule has 0 spiro atoms. The van der Waals surface area contributed by atoms with E-state index in [1.807, 2.05) is 0 Å². The maximum absolute atomic E-state index is 14.1. The van der Waals surface area contributed by atoms with Gasteiger partial charge in [0.15, 0.2) is 0 Å². The minimum Gasteiger partial charge on any atom is -0.203 e. The minimum absolute atomic E-state index is 0.966. The molecule has 0 bridgehead atoms. The van der Waals surface area contributed by atoms with Crippen molar-refractivity contribution in [3.63, 3.8) is 0 Å². The van der Waals surface area contributed by atoms with Crippen LogP contribution >= 0.6 is 11.8 Å². The largest absolute Gasteiger partial charge is 0.460 e. The van der Waals surface area contributed by atoms with Gasteiger partial charge in [0.05, 0.1) is 13.1 Å². The average molecular weight is 1120 g/mol. The van der Waals surface area contributed by atoms with Gasteiger partial charge in [-0.2, -0.15) is 161 Å². The van der Waals surface area contributed by atoms with Crippen molar-refractivity contribution in [2.75, 3.05) is 24.6 Å². The maximum atomic E-state index is 14.1. The molecule has 0 rings (SSSR count). The van der Waals surface area contributed by atoms with E-state index in [0.717, 1.165) is 0 Å². The van der Waals surface area contributed by atoms with Crippen molar-refractivity contribution in [3.05, 3.63) is 0 Å². The third-order valence-corrected chi connectivity index (χ3v) is 11.5. The normalized spacial score (nSPS) is 16.8. The molecule has 45 heteroatoms. The second-order valence-electron chi connectivity index (χ2n) is 11.6. The smallest absolute Gasteiger partial charge is 0.203 e. The van der Waals surface area contributed by atoms with E-state index in [4.69, 9.17) is 0 Å². The third-order valence-electron chi connectivity index (χ3n) is 7.38. The summed E-state index contributed by atoms with van der Waals surface area (Å²) in [6.07, 6.45) is -16.4. The summed E-state index contributed by atoms with van der Waals surface area (Å²) in [6.45, 7) is -5.79. The summed E-state index contributed by atoms with van der Waals surface area (Å²) >= 11 is -0.966. The predicted molar refractivity (Wildman–Crippen MR) is 132 cm³/mol. The molecule has 392 valence electrons. The van der Waals surface area contributed by atoms with Crippen LogP contribution in [0, 0.1) is 0 Å². The highest BCUT2D eigenvalue weighted by atomic mass is 32.2. The van der Waals surface area contributed by atoms with Gasteiger partial charge in [0.2, 0.25) is 0 Å². The number of rotatable bonds is 22. The highest BCUT2D eigenvalue weighted by molar-refractivity contribution is 7.99. The number of hydrogen-bond donors (Lipinski definition) is 0. The van der Waals surface area contributed by atoms with Gasteiger partial charge >= 0.3 is 114 Å². The van der Waals surface area contributed by atoms with Crippen LogP contribution in [-0.2, 0) is 20.0 Å². The highest BCUT2D eigenvalue weighted by Gasteiger charge is 2.98. The van der Waals surface area contributed by atoms with E-state index in [2.05, 4.69) is 0 Å². The van der Waals surface area contributed by atoms with Gasteiger partial charge in [0.25, 0.3) is 0 Å². The zero-order valence-corrected chi connectivity index (χ0v) is 30.6. The molecular weight excluding hydrogens is 1110 g/mol. The van der Waals surface area contributed by atoms with Crippen molar-refractivity contribution >= 4 is 31.8 Å². The Morgan fingerprint density at radius 3 is 0.600 bits per heavy atom. The summed E-state index contributed by atoms with van der Waals surface area (Å²) in [5.74, 6) is -114. The van der Waals surface area contributed by atoms with Crippen LogP contribution in [0.5, 0.6) is 0 Å². The van der Waals surface area contributed by atoms with Gasteiger partial charge in [0.1, 0.15) is 0 Å². The number of alkyl halides is 34. The molecule has 0 aromatic rings. The molecule has 0 unspecified atom stereocenters. The lowest BCUT2D eigenvalue weighted by Gasteiger charge is -2.42. The molecule has 0 saturated heterocycles.